The maximum Gasteiger partial charge on any atom is 0.0539 e. The van der Waals surface area contributed by atoms with Crippen molar-refractivity contribution in [1.29, 1.82) is 0 Å². The Bertz CT molecular complexity index is 152. The molecule has 50 valence electrons. The molecule has 1 heterocycles. The number of hydrogen-bond acceptors (Lipinski definition) is 3. The van der Waals surface area contributed by atoms with Gasteiger partial charge in [-0.2, -0.15) is 5.10 Å². The van der Waals surface area contributed by atoms with Crippen LogP contribution in [0.3, 0.4) is 0 Å². The highest BCUT2D eigenvalue weighted by Gasteiger charge is 1.87. The van der Waals surface area contributed by atoms with E-state index >= 15 is 0 Å². The van der Waals surface area contributed by atoms with E-state index in [4.69, 9.17) is 5.11 Å². The minimum Gasteiger partial charge on any atom is -0.395 e. The highest BCUT2D eigenvalue weighted by Crippen LogP contribution is 2.00. The number of aliphatic hydroxyl groups is 1. The first kappa shape index (κ1) is 6.64. The van der Waals surface area contributed by atoms with Crippen molar-refractivity contribution in [3.8, 4) is 0 Å². The summed E-state index contributed by atoms with van der Waals surface area (Å²) in [5, 5.41) is 12.3. The van der Waals surface area contributed by atoms with Crippen LogP contribution >= 0.6 is 11.9 Å². The molecule has 9 heavy (non-hydrogen) atoms. The van der Waals surface area contributed by atoms with Crippen LogP contribution in [0.25, 0.3) is 0 Å². The van der Waals surface area contributed by atoms with Gasteiger partial charge in [0.15, 0.2) is 0 Å². The van der Waals surface area contributed by atoms with Gasteiger partial charge in [-0.15, -0.1) is 0 Å². The first-order valence-electron chi connectivity index (χ1n) is 2.67. The van der Waals surface area contributed by atoms with Crippen molar-refractivity contribution in [2.45, 2.75) is 0 Å². The van der Waals surface area contributed by atoms with Crippen molar-refractivity contribution in [1.82, 2.24) is 9.19 Å². The molecule has 0 saturated heterocycles. The van der Waals surface area contributed by atoms with Crippen molar-refractivity contribution in [3.05, 3.63) is 18.5 Å². The quantitative estimate of drug-likeness (QED) is 0.666. The molecule has 1 rings (SSSR count). The van der Waals surface area contributed by atoms with Gasteiger partial charge in [0.2, 0.25) is 0 Å². The second kappa shape index (κ2) is 3.53. The van der Waals surface area contributed by atoms with Crippen LogP contribution in [-0.4, -0.2) is 26.7 Å². The highest BCUT2D eigenvalue weighted by molar-refractivity contribution is 7.97. The molecule has 4 heteroatoms. The Morgan fingerprint density at radius 2 is 2.56 bits per heavy atom. The topological polar surface area (TPSA) is 38.0 Å². The van der Waals surface area contributed by atoms with Gasteiger partial charge in [0, 0.05) is 18.1 Å². The third-order valence-electron chi connectivity index (χ3n) is 0.795. The zero-order valence-electron chi connectivity index (χ0n) is 4.90. The average Bonchev–Trinajstić information content (AvgIpc) is 2.34. The third kappa shape index (κ3) is 2.07. The van der Waals surface area contributed by atoms with Crippen molar-refractivity contribution >= 4 is 11.9 Å². The first-order valence-corrected chi connectivity index (χ1v) is 3.61. The molecule has 0 spiro atoms. The molecule has 1 aromatic heterocycles. The van der Waals surface area contributed by atoms with Crippen LogP contribution in [0.1, 0.15) is 0 Å². The lowest BCUT2D eigenvalue weighted by Gasteiger charge is -1.94. The molecule has 0 radical (unpaired) electrons. The van der Waals surface area contributed by atoms with Crippen molar-refractivity contribution in [3.63, 3.8) is 0 Å². The number of hydrogen-bond donors (Lipinski definition) is 1. The maximum absolute atomic E-state index is 8.40. The van der Waals surface area contributed by atoms with Crippen LogP contribution in [0.2, 0.25) is 0 Å². The van der Waals surface area contributed by atoms with E-state index in [1.165, 1.54) is 11.9 Å². The summed E-state index contributed by atoms with van der Waals surface area (Å²) in [5.74, 6) is 0.696. The molecule has 0 bridgehead atoms. The Balaban J connectivity index is 2.30. The smallest absolute Gasteiger partial charge is 0.0539 e. The monoisotopic (exact) mass is 144 g/mol. The van der Waals surface area contributed by atoms with Crippen LogP contribution in [-0.2, 0) is 0 Å². The summed E-state index contributed by atoms with van der Waals surface area (Å²) in [5.41, 5.74) is 0. The summed E-state index contributed by atoms with van der Waals surface area (Å²) in [6.07, 6.45) is 3.56. The summed E-state index contributed by atoms with van der Waals surface area (Å²) in [6.45, 7) is 0.199. The van der Waals surface area contributed by atoms with Crippen LogP contribution in [0, 0.1) is 0 Å². The number of aromatic nitrogens is 2. The van der Waals surface area contributed by atoms with E-state index < -0.39 is 0 Å². The van der Waals surface area contributed by atoms with E-state index in [1.54, 1.807) is 10.3 Å². The van der Waals surface area contributed by atoms with Crippen molar-refractivity contribution in [2.75, 3.05) is 12.4 Å². The number of aliphatic hydroxyl groups excluding tert-OH is 1. The van der Waals surface area contributed by atoms with E-state index in [2.05, 4.69) is 5.10 Å². The molecular formula is C5H8N2OS. The Labute approximate surface area is 57.8 Å². The fourth-order valence-corrected chi connectivity index (χ4v) is 1.01. The fourth-order valence-electron chi connectivity index (χ4n) is 0.466. The molecule has 1 N–H and O–H groups in total. The summed E-state index contributed by atoms with van der Waals surface area (Å²) in [7, 11) is 0. The molecule has 0 amide bonds. The van der Waals surface area contributed by atoms with Gasteiger partial charge in [-0.25, -0.2) is 4.09 Å². The largest absolute Gasteiger partial charge is 0.395 e. The molecule has 0 fully saturated rings. The van der Waals surface area contributed by atoms with Crippen LogP contribution in [0.15, 0.2) is 18.5 Å². The normalized spacial score (nSPS) is 9.89. The third-order valence-corrected chi connectivity index (χ3v) is 1.64. The molecule has 0 aliphatic rings. The van der Waals surface area contributed by atoms with Gasteiger partial charge in [0.05, 0.1) is 6.61 Å². The predicted molar refractivity (Wildman–Crippen MR) is 37.2 cm³/mol. The minimum absolute atomic E-state index is 0.199. The van der Waals surface area contributed by atoms with Gasteiger partial charge in [0.1, 0.15) is 0 Å². The molecule has 0 saturated carbocycles. The van der Waals surface area contributed by atoms with E-state index in [0.29, 0.717) is 5.75 Å². The molecule has 0 atom stereocenters. The summed E-state index contributed by atoms with van der Waals surface area (Å²) in [4.78, 5) is 0. The number of nitrogens with zero attached hydrogens (tertiary/aromatic N) is 2. The summed E-state index contributed by atoms with van der Waals surface area (Å²) < 4.78 is 1.72. The lowest BCUT2D eigenvalue weighted by Crippen LogP contribution is -1.92. The van der Waals surface area contributed by atoms with E-state index in [0.717, 1.165) is 0 Å². The Kier molecular flexibility index (Phi) is 2.60. The molecule has 0 aliphatic carbocycles. The Morgan fingerprint density at radius 3 is 3.11 bits per heavy atom. The van der Waals surface area contributed by atoms with Crippen LogP contribution < -0.4 is 0 Å². The second-order valence-electron chi connectivity index (χ2n) is 1.47. The average molecular weight is 144 g/mol. The van der Waals surface area contributed by atoms with Gasteiger partial charge in [0.25, 0.3) is 0 Å². The van der Waals surface area contributed by atoms with Crippen LogP contribution in [0.5, 0.6) is 0 Å². The molecular weight excluding hydrogens is 136 g/mol. The predicted octanol–water partition coefficient (Wildman–Crippen LogP) is 0.372. The standard InChI is InChI=1S/C5H8N2OS/c8-4-5-9-7-3-1-2-6-7/h1-3,8H,4-5H2. The SMILES string of the molecule is OCCSn1cccn1. The first-order chi connectivity index (χ1) is 4.43. The Morgan fingerprint density at radius 1 is 1.67 bits per heavy atom. The van der Waals surface area contributed by atoms with Gasteiger partial charge in [-0.05, 0) is 18.0 Å². The molecule has 3 nitrogen and oxygen atoms in total. The number of rotatable bonds is 3. The molecule has 0 aliphatic heterocycles. The van der Waals surface area contributed by atoms with Gasteiger partial charge >= 0.3 is 0 Å². The second-order valence-corrected chi connectivity index (χ2v) is 2.51. The van der Waals surface area contributed by atoms with Crippen molar-refractivity contribution in [2.24, 2.45) is 0 Å². The van der Waals surface area contributed by atoms with Gasteiger partial charge in [-0.3, -0.25) is 0 Å². The van der Waals surface area contributed by atoms with Crippen molar-refractivity contribution < 1.29 is 5.11 Å². The van der Waals surface area contributed by atoms with E-state index in [-0.39, 0.29) is 6.61 Å². The van der Waals surface area contributed by atoms with Gasteiger partial charge < -0.3 is 5.11 Å². The van der Waals surface area contributed by atoms with E-state index in [1.807, 2.05) is 12.3 Å². The highest BCUT2D eigenvalue weighted by atomic mass is 32.2. The fraction of sp³-hybridized carbons (Fsp3) is 0.400. The van der Waals surface area contributed by atoms with Crippen LogP contribution in [0.4, 0.5) is 0 Å². The maximum atomic E-state index is 8.40. The molecule has 0 unspecified atom stereocenters. The van der Waals surface area contributed by atoms with Gasteiger partial charge in [-0.1, -0.05) is 0 Å². The van der Waals surface area contributed by atoms with E-state index in [9.17, 15) is 0 Å². The Hall–Kier alpha value is -0.480. The zero-order valence-corrected chi connectivity index (χ0v) is 5.71. The minimum atomic E-state index is 0.199. The molecule has 0 aromatic carbocycles. The summed E-state index contributed by atoms with van der Waals surface area (Å²) >= 11 is 1.48. The lowest BCUT2D eigenvalue weighted by molar-refractivity contribution is 0.322. The lowest BCUT2D eigenvalue weighted by atomic mass is 10.8. The zero-order chi connectivity index (χ0) is 6.53. The molecule has 1 aromatic rings. The summed E-state index contributed by atoms with van der Waals surface area (Å²) in [6, 6.07) is 1.85.